The number of nitrogens with zero attached hydrogens (tertiary/aromatic N) is 3. The second-order valence-corrected chi connectivity index (χ2v) is 10.7. The van der Waals surface area contributed by atoms with Crippen molar-refractivity contribution in [2.75, 3.05) is 46.8 Å². The van der Waals surface area contributed by atoms with Gasteiger partial charge in [-0.05, 0) is 51.5 Å². The average molecular weight is 425 g/mol. The molecule has 162 valence electrons. The van der Waals surface area contributed by atoms with E-state index in [0.717, 1.165) is 17.3 Å². The molecule has 1 heterocycles. The fraction of sp³-hybridized carbons (Fsp3) is 0.600. The Morgan fingerprint density at radius 3 is 2.21 bits per heavy atom. The van der Waals surface area contributed by atoms with Crippen LogP contribution in [0.3, 0.4) is 0 Å². The van der Waals surface area contributed by atoms with E-state index in [1.807, 2.05) is 20.8 Å². The van der Waals surface area contributed by atoms with Crippen LogP contribution in [0.5, 0.6) is 0 Å². The molecule has 1 aromatic carbocycles. The molecule has 1 N–H and O–H groups in total. The van der Waals surface area contributed by atoms with Crippen molar-refractivity contribution < 1.29 is 18.0 Å². The second kappa shape index (κ2) is 9.23. The minimum absolute atomic E-state index is 0.0185. The fourth-order valence-electron chi connectivity index (χ4n) is 3.16. The van der Waals surface area contributed by atoms with E-state index in [0.29, 0.717) is 31.7 Å². The number of sulfonamides is 1. The van der Waals surface area contributed by atoms with Crippen LogP contribution in [0.1, 0.15) is 37.6 Å². The van der Waals surface area contributed by atoms with Crippen LogP contribution in [-0.2, 0) is 14.8 Å². The van der Waals surface area contributed by atoms with Gasteiger partial charge in [0.15, 0.2) is 0 Å². The Labute approximate surface area is 173 Å². The SMILES string of the molecule is CN(C)S(=O)(=O)c1ccc(C(=O)N2CCCN(CC(=O)NC(C)(C)C)CC2)cc1. The van der Waals surface area contributed by atoms with Crippen molar-refractivity contribution in [2.45, 2.75) is 37.6 Å². The van der Waals surface area contributed by atoms with Crippen LogP contribution in [0, 0.1) is 0 Å². The van der Waals surface area contributed by atoms with Gasteiger partial charge < -0.3 is 10.2 Å². The molecule has 0 radical (unpaired) electrons. The highest BCUT2D eigenvalue weighted by Crippen LogP contribution is 2.16. The van der Waals surface area contributed by atoms with E-state index in [2.05, 4.69) is 10.2 Å². The van der Waals surface area contributed by atoms with Crippen molar-refractivity contribution in [2.24, 2.45) is 0 Å². The van der Waals surface area contributed by atoms with Gasteiger partial charge >= 0.3 is 0 Å². The number of rotatable bonds is 5. The molecule has 1 aliphatic rings. The molecule has 1 aromatic rings. The van der Waals surface area contributed by atoms with Crippen molar-refractivity contribution in [3.8, 4) is 0 Å². The van der Waals surface area contributed by atoms with Crippen molar-refractivity contribution in [1.29, 1.82) is 0 Å². The summed E-state index contributed by atoms with van der Waals surface area (Å²) in [6.07, 6.45) is 0.779. The number of benzene rings is 1. The third-order valence-electron chi connectivity index (χ3n) is 4.64. The maximum absolute atomic E-state index is 12.8. The highest BCUT2D eigenvalue weighted by atomic mass is 32.2. The summed E-state index contributed by atoms with van der Waals surface area (Å²) < 4.78 is 25.5. The van der Waals surface area contributed by atoms with Gasteiger partial charge in [-0.15, -0.1) is 0 Å². The van der Waals surface area contributed by atoms with Gasteiger partial charge in [0.25, 0.3) is 5.91 Å². The van der Waals surface area contributed by atoms with Crippen molar-refractivity contribution in [1.82, 2.24) is 19.4 Å². The highest BCUT2D eigenvalue weighted by molar-refractivity contribution is 7.89. The van der Waals surface area contributed by atoms with Crippen molar-refractivity contribution in [3.05, 3.63) is 29.8 Å². The number of carbonyl (C=O) groups is 2. The second-order valence-electron chi connectivity index (χ2n) is 8.53. The summed E-state index contributed by atoms with van der Waals surface area (Å²) >= 11 is 0. The van der Waals surface area contributed by atoms with Crippen LogP contribution in [0.2, 0.25) is 0 Å². The Bertz CT molecular complexity index is 829. The van der Waals surface area contributed by atoms with Gasteiger partial charge in [0.1, 0.15) is 0 Å². The molecular weight excluding hydrogens is 392 g/mol. The molecule has 0 unspecified atom stereocenters. The van der Waals surface area contributed by atoms with Crippen molar-refractivity contribution in [3.63, 3.8) is 0 Å². The monoisotopic (exact) mass is 424 g/mol. The predicted molar refractivity (Wildman–Crippen MR) is 112 cm³/mol. The van der Waals surface area contributed by atoms with Gasteiger partial charge in [-0.2, -0.15) is 0 Å². The Kier molecular flexibility index (Phi) is 7.42. The van der Waals surface area contributed by atoms with Crippen LogP contribution in [0.4, 0.5) is 0 Å². The third kappa shape index (κ3) is 6.52. The van der Waals surface area contributed by atoms with Gasteiger partial charge in [-0.25, -0.2) is 12.7 Å². The Morgan fingerprint density at radius 2 is 1.66 bits per heavy atom. The van der Waals surface area contributed by atoms with E-state index >= 15 is 0 Å². The summed E-state index contributed by atoms with van der Waals surface area (Å²) in [4.78, 5) is 29.0. The molecule has 0 atom stereocenters. The number of amides is 2. The standard InChI is InChI=1S/C20H32N4O4S/c1-20(2,3)21-18(25)15-23-11-6-12-24(14-13-23)19(26)16-7-9-17(10-8-16)29(27,28)22(4)5/h7-10H,6,11-15H2,1-5H3,(H,21,25). The van der Waals surface area contributed by atoms with Gasteiger partial charge in [0.05, 0.1) is 11.4 Å². The lowest BCUT2D eigenvalue weighted by atomic mass is 10.1. The molecule has 0 aromatic heterocycles. The molecule has 2 rings (SSSR count). The normalized spacial score (nSPS) is 16.6. The summed E-state index contributed by atoms with van der Waals surface area (Å²) in [5, 5.41) is 2.96. The zero-order valence-corrected chi connectivity index (χ0v) is 18.8. The first kappa shape index (κ1) is 23.3. The van der Waals surface area contributed by atoms with Gasteiger partial charge in [-0.1, -0.05) is 0 Å². The van der Waals surface area contributed by atoms with Crippen LogP contribution in [-0.4, -0.2) is 86.7 Å². The topological polar surface area (TPSA) is 90.0 Å². The maximum Gasteiger partial charge on any atom is 0.253 e. The quantitative estimate of drug-likeness (QED) is 0.762. The van der Waals surface area contributed by atoms with Gasteiger partial charge in [-0.3, -0.25) is 14.5 Å². The zero-order valence-electron chi connectivity index (χ0n) is 17.9. The van der Waals surface area contributed by atoms with Crippen LogP contribution < -0.4 is 5.32 Å². The number of hydrogen-bond acceptors (Lipinski definition) is 5. The summed E-state index contributed by atoms with van der Waals surface area (Å²) in [6.45, 7) is 8.66. The minimum atomic E-state index is -3.52. The number of carbonyl (C=O) groups excluding carboxylic acids is 2. The Balaban J connectivity index is 1.98. The average Bonchev–Trinajstić information content (AvgIpc) is 2.85. The summed E-state index contributed by atoms with van der Waals surface area (Å²) in [5.41, 5.74) is 0.193. The lowest BCUT2D eigenvalue weighted by Gasteiger charge is -2.25. The van der Waals surface area contributed by atoms with E-state index in [4.69, 9.17) is 0 Å². The van der Waals surface area contributed by atoms with E-state index in [9.17, 15) is 18.0 Å². The maximum atomic E-state index is 12.8. The third-order valence-corrected chi connectivity index (χ3v) is 6.47. The van der Waals surface area contributed by atoms with E-state index in [1.54, 1.807) is 17.0 Å². The van der Waals surface area contributed by atoms with Gasteiger partial charge in [0, 0.05) is 51.4 Å². The van der Waals surface area contributed by atoms with Crippen molar-refractivity contribution >= 4 is 21.8 Å². The number of hydrogen-bond donors (Lipinski definition) is 1. The Hall–Kier alpha value is -1.97. The predicted octanol–water partition coefficient (Wildman–Crippen LogP) is 1.000. The zero-order chi connectivity index (χ0) is 21.8. The molecule has 0 saturated carbocycles. The van der Waals surface area contributed by atoms with Crippen LogP contribution in [0.25, 0.3) is 0 Å². The molecule has 8 nitrogen and oxygen atoms in total. The lowest BCUT2D eigenvalue weighted by molar-refractivity contribution is -0.123. The van der Waals surface area contributed by atoms with Crippen LogP contribution >= 0.6 is 0 Å². The summed E-state index contributed by atoms with van der Waals surface area (Å²) in [6, 6.07) is 6.03. The largest absolute Gasteiger partial charge is 0.350 e. The molecular formula is C20H32N4O4S. The molecule has 1 fully saturated rings. The first-order valence-electron chi connectivity index (χ1n) is 9.75. The summed E-state index contributed by atoms with van der Waals surface area (Å²) in [5.74, 6) is -0.144. The fourth-order valence-corrected chi connectivity index (χ4v) is 4.06. The molecule has 9 heteroatoms. The lowest BCUT2D eigenvalue weighted by Crippen LogP contribution is -2.46. The van der Waals surface area contributed by atoms with E-state index in [-0.39, 0.29) is 22.2 Å². The highest BCUT2D eigenvalue weighted by Gasteiger charge is 2.23. The molecule has 1 aliphatic heterocycles. The molecule has 1 saturated heterocycles. The first-order chi connectivity index (χ1) is 13.4. The first-order valence-corrected chi connectivity index (χ1v) is 11.2. The molecule has 2 amide bonds. The van der Waals surface area contributed by atoms with E-state index in [1.165, 1.54) is 26.2 Å². The summed E-state index contributed by atoms with van der Waals surface area (Å²) in [7, 11) is -0.575. The number of nitrogens with one attached hydrogen (secondary N) is 1. The molecule has 0 aliphatic carbocycles. The molecule has 0 spiro atoms. The smallest absolute Gasteiger partial charge is 0.253 e. The van der Waals surface area contributed by atoms with Gasteiger partial charge in [0.2, 0.25) is 15.9 Å². The molecule has 0 bridgehead atoms. The van der Waals surface area contributed by atoms with E-state index < -0.39 is 10.0 Å². The Morgan fingerprint density at radius 1 is 1.03 bits per heavy atom. The van der Waals surface area contributed by atoms with Crippen LogP contribution in [0.15, 0.2) is 29.2 Å². The molecule has 29 heavy (non-hydrogen) atoms. The minimum Gasteiger partial charge on any atom is -0.350 e.